The van der Waals surface area contributed by atoms with E-state index in [4.69, 9.17) is 4.98 Å². The molecule has 1 amide bonds. The Morgan fingerprint density at radius 3 is 2.68 bits per heavy atom. The van der Waals surface area contributed by atoms with Gasteiger partial charge in [-0.1, -0.05) is 43.2 Å². The second kappa shape index (κ2) is 7.97. The molecule has 5 nitrogen and oxygen atoms in total. The van der Waals surface area contributed by atoms with E-state index in [1.165, 1.54) is 6.42 Å². The van der Waals surface area contributed by atoms with Crippen molar-refractivity contribution < 1.29 is 4.79 Å². The average molecular weight is 375 g/mol. The molecule has 0 fully saturated rings. The molecule has 2 aromatic carbocycles. The van der Waals surface area contributed by atoms with E-state index in [1.807, 2.05) is 41.8 Å². The number of benzene rings is 2. The van der Waals surface area contributed by atoms with Crippen molar-refractivity contribution >= 4 is 16.8 Å². The number of nitrogens with zero attached hydrogens (tertiary/aromatic N) is 2. The van der Waals surface area contributed by atoms with Crippen LogP contribution >= 0.6 is 0 Å². The van der Waals surface area contributed by atoms with E-state index >= 15 is 0 Å². The number of hydrogen-bond donors (Lipinski definition) is 1. The number of hydrogen-bond acceptors (Lipinski definition) is 3. The zero-order valence-corrected chi connectivity index (χ0v) is 16.1. The lowest BCUT2D eigenvalue weighted by Crippen LogP contribution is -2.28. The van der Waals surface area contributed by atoms with Gasteiger partial charge in [-0.15, -0.1) is 0 Å². The molecule has 0 bridgehead atoms. The van der Waals surface area contributed by atoms with Crippen LogP contribution < -0.4 is 10.9 Å². The van der Waals surface area contributed by atoms with Gasteiger partial charge in [-0.25, -0.2) is 4.98 Å². The van der Waals surface area contributed by atoms with Crippen LogP contribution in [0.2, 0.25) is 0 Å². The van der Waals surface area contributed by atoms with Gasteiger partial charge in [-0.05, 0) is 43.5 Å². The predicted octanol–water partition coefficient (Wildman–Crippen LogP) is 4.00. The summed E-state index contributed by atoms with van der Waals surface area (Å²) in [5, 5.41) is 3.60. The molecule has 1 unspecified atom stereocenters. The van der Waals surface area contributed by atoms with Crippen molar-refractivity contribution in [1.29, 1.82) is 0 Å². The lowest BCUT2D eigenvalue weighted by molar-refractivity contribution is 0.0940. The summed E-state index contributed by atoms with van der Waals surface area (Å²) >= 11 is 0. The van der Waals surface area contributed by atoms with Gasteiger partial charge in [0, 0.05) is 18.5 Å². The molecule has 1 aliphatic heterocycles. The first kappa shape index (κ1) is 18.4. The molecule has 1 atom stereocenters. The minimum Gasteiger partial charge on any atom is -0.346 e. The lowest BCUT2D eigenvalue weighted by atomic mass is 10.1. The van der Waals surface area contributed by atoms with Crippen LogP contribution in [0, 0.1) is 0 Å². The third kappa shape index (κ3) is 3.70. The fourth-order valence-corrected chi connectivity index (χ4v) is 3.84. The summed E-state index contributed by atoms with van der Waals surface area (Å²) in [7, 11) is 0. The largest absolute Gasteiger partial charge is 0.346 e. The van der Waals surface area contributed by atoms with E-state index in [1.54, 1.807) is 18.2 Å². The maximum Gasteiger partial charge on any atom is 0.261 e. The molecule has 0 saturated heterocycles. The average Bonchev–Trinajstić information content (AvgIpc) is 2.69. The van der Waals surface area contributed by atoms with Crippen molar-refractivity contribution in [3.05, 3.63) is 75.8 Å². The number of carbonyl (C=O) groups is 1. The van der Waals surface area contributed by atoms with E-state index in [2.05, 4.69) is 5.32 Å². The van der Waals surface area contributed by atoms with Gasteiger partial charge in [-0.2, -0.15) is 0 Å². The molecule has 1 N–H and O–H groups in total. The first-order valence-electron chi connectivity index (χ1n) is 10.0. The third-order valence-corrected chi connectivity index (χ3v) is 5.48. The molecule has 2 heterocycles. The van der Waals surface area contributed by atoms with Gasteiger partial charge < -0.3 is 5.32 Å². The van der Waals surface area contributed by atoms with Crippen LogP contribution in [-0.2, 0) is 13.0 Å². The first-order valence-corrected chi connectivity index (χ1v) is 10.0. The van der Waals surface area contributed by atoms with E-state index in [0.717, 1.165) is 43.6 Å². The highest BCUT2D eigenvalue weighted by atomic mass is 16.1. The van der Waals surface area contributed by atoms with Gasteiger partial charge in [0.2, 0.25) is 0 Å². The maximum atomic E-state index is 12.9. The number of aryl methyl sites for hydroxylation is 1. The standard InChI is InChI=1S/C23H25N3O2/c1-16(17-9-5-4-6-10-17)24-22(27)18-12-13-19-20(15-18)25-21-11-7-2-3-8-14-26(21)23(19)28/h4-6,9-10,12-13,15-16H,2-3,7-8,11,14H2,1H3,(H,24,27). The van der Waals surface area contributed by atoms with Gasteiger partial charge in [0.25, 0.3) is 11.5 Å². The maximum absolute atomic E-state index is 12.9. The summed E-state index contributed by atoms with van der Waals surface area (Å²) in [6.07, 6.45) is 5.20. The summed E-state index contributed by atoms with van der Waals surface area (Å²) in [5.74, 6) is 0.680. The number of nitrogens with one attached hydrogen (secondary N) is 1. The minimum absolute atomic E-state index is 0.00603. The number of aromatic nitrogens is 2. The van der Waals surface area contributed by atoms with Crippen molar-refractivity contribution in [2.75, 3.05) is 0 Å². The van der Waals surface area contributed by atoms with E-state index in [-0.39, 0.29) is 17.5 Å². The summed E-state index contributed by atoms with van der Waals surface area (Å²) in [6, 6.07) is 14.9. The molecule has 0 aliphatic carbocycles. The van der Waals surface area contributed by atoms with Crippen molar-refractivity contribution in [3.63, 3.8) is 0 Å². The molecule has 0 radical (unpaired) electrons. The Kier molecular flexibility index (Phi) is 5.24. The molecule has 0 saturated carbocycles. The molecule has 1 aromatic heterocycles. The van der Waals surface area contributed by atoms with Crippen LogP contribution in [0.3, 0.4) is 0 Å². The van der Waals surface area contributed by atoms with E-state index < -0.39 is 0 Å². The van der Waals surface area contributed by atoms with Crippen LogP contribution in [0.4, 0.5) is 0 Å². The molecule has 28 heavy (non-hydrogen) atoms. The number of rotatable bonds is 3. The molecular formula is C23H25N3O2. The van der Waals surface area contributed by atoms with Gasteiger partial charge in [0.05, 0.1) is 16.9 Å². The van der Waals surface area contributed by atoms with Crippen molar-refractivity contribution in [3.8, 4) is 0 Å². The second-order valence-corrected chi connectivity index (χ2v) is 7.49. The van der Waals surface area contributed by atoms with Gasteiger partial charge in [-0.3, -0.25) is 14.2 Å². The van der Waals surface area contributed by atoms with Crippen LogP contribution in [0.15, 0.2) is 53.3 Å². The molecule has 1 aliphatic rings. The monoisotopic (exact) mass is 375 g/mol. The SMILES string of the molecule is CC(NC(=O)c1ccc2c(=O)n3c(nc2c1)CCCCCC3)c1ccccc1. The smallest absolute Gasteiger partial charge is 0.261 e. The number of amides is 1. The summed E-state index contributed by atoms with van der Waals surface area (Å²) in [6.45, 7) is 2.69. The Morgan fingerprint density at radius 1 is 1.07 bits per heavy atom. The third-order valence-electron chi connectivity index (χ3n) is 5.48. The highest BCUT2D eigenvalue weighted by Gasteiger charge is 2.16. The van der Waals surface area contributed by atoms with Crippen molar-refractivity contribution in [2.45, 2.75) is 51.6 Å². The molecule has 0 spiro atoms. The van der Waals surface area contributed by atoms with Gasteiger partial charge in [0.15, 0.2) is 0 Å². The van der Waals surface area contributed by atoms with E-state index in [0.29, 0.717) is 16.5 Å². The molecule has 3 aromatic rings. The fraction of sp³-hybridized carbons (Fsp3) is 0.348. The zero-order valence-electron chi connectivity index (χ0n) is 16.1. The Balaban J connectivity index is 1.64. The highest BCUT2D eigenvalue weighted by Crippen LogP contribution is 2.17. The Labute approximate surface area is 164 Å². The summed E-state index contributed by atoms with van der Waals surface area (Å²) in [4.78, 5) is 30.4. The normalized spacial score (nSPS) is 15.3. The second-order valence-electron chi connectivity index (χ2n) is 7.49. The Morgan fingerprint density at radius 2 is 1.86 bits per heavy atom. The first-order chi connectivity index (χ1) is 13.6. The fourth-order valence-electron chi connectivity index (χ4n) is 3.84. The zero-order chi connectivity index (χ0) is 19.5. The van der Waals surface area contributed by atoms with Crippen LogP contribution in [0.25, 0.3) is 10.9 Å². The summed E-state index contributed by atoms with van der Waals surface area (Å²) in [5.41, 5.74) is 2.19. The Hall–Kier alpha value is -2.95. The topological polar surface area (TPSA) is 64.0 Å². The minimum atomic E-state index is -0.160. The molecule has 4 rings (SSSR count). The predicted molar refractivity (Wildman–Crippen MR) is 110 cm³/mol. The number of fused-ring (bicyclic) bond motifs is 2. The Bertz CT molecular complexity index is 1060. The quantitative estimate of drug-likeness (QED) is 0.752. The number of carbonyl (C=O) groups excluding carboxylic acids is 1. The van der Waals surface area contributed by atoms with Crippen molar-refractivity contribution in [1.82, 2.24) is 14.9 Å². The lowest BCUT2D eigenvalue weighted by Gasteiger charge is -2.17. The van der Waals surface area contributed by atoms with Crippen LogP contribution in [0.5, 0.6) is 0 Å². The van der Waals surface area contributed by atoms with E-state index in [9.17, 15) is 9.59 Å². The van der Waals surface area contributed by atoms with Crippen LogP contribution in [-0.4, -0.2) is 15.5 Å². The van der Waals surface area contributed by atoms with Crippen LogP contribution in [0.1, 0.15) is 60.4 Å². The van der Waals surface area contributed by atoms with Crippen molar-refractivity contribution in [2.24, 2.45) is 0 Å². The molecule has 144 valence electrons. The highest BCUT2D eigenvalue weighted by molar-refractivity contribution is 5.97. The van der Waals surface area contributed by atoms with Gasteiger partial charge in [0.1, 0.15) is 5.82 Å². The van der Waals surface area contributed by atoms with Gasteiger partial charge >= 0.3 is 0 Å². The summed E-state index contributed by atoms with van der Waals surface area (Å²) < 4.78 is 1.82. The molecular weight excluding hydrogens is 350 g/mol. The molecule has 5 heteroatoms.